The van der Waals surface area contributed by atoms with Crippen LogP contribution in [-0.2, 0) is 43.0 Å². The number of aliphatic hydroxyl groups is 2. The van der Waals surface area contributed by atoms with Crippen molar-refractivity contribution in [2.24, 2.45) is 52.3 Å². The van der Waals surface area contributed by atoms with Gasteiger partial charge < -0.3 is 24.4 Å². The first-order chi connectivity index (χ1) is 26.5. The summed E-state index contributed by atoms with van der Waals surface area (Å²) in [6.45, 7) is 20.8. The summed E-state index contributed by atoms with van der Waals surface area (Å²) < 4.78 is 18.2. The lowest BCUT2D eigenvalue weighted by Crippen LogP contribution is -2.52. The standard InChI is InChI=1S/C45H44O11/c1-17-6-7-22-18(2)40(50)55-36(22)28-25(17)16-26(46)44(28)14-12-43(53)11-9-24-20(4)41(51)56-37(24)32-30(43)33(44)38(48)45(32)15-13-42(52)10-8-23-19(3)39(49)54-35(23)27-21(5)34(47)31(45)29(27)42/h22-25,27-28,32,35-37,52-53H,1-16H2/t22-,23-,24-,25-,27-,28-,32-,35-,36-,37-,42-,43+,44+,45+/m0/s1. The number of carbonyl (C=O) groups is 6. The topological polar surface area (TPSA) is 171 Å². The van der Waals surface area contributed by atoms with Crippen LogP contribution in [-0.4, -0.2) is 75.0 Å². The Morgan fingerprint density at radius 2 is 1.09 bits per heavy atom. The molecule has 11 rings (SSSR count). The predicted molar refractivity (Wildman–Crippen MR) is 194 cm³/mol. The number of ketones is 3. The quantitative estimate of drug-likeness (QED) is 0.158. The molecule has 0 aromatic rings. The van der Waals surface area contributed by atoms with Crippen molar-refractivity contribution in [3.63, 3.8) is 0 Å². The lowest BCUT2D eigenvalue weighted by Gasteiger charge is -2.48. The highest BCUT2D eigenvalue weighted by atomic mass is 16.6. The number of allylic oxidation sites excluding steroid dienone is 3. The lowest BCUT2D eigenvalue weighted by molar-refractivity contribution is -0.147. The summed E-state index contributed by atoms with van der Waals surface area (Å²) in [4.78, 5) is 86.3. The molecule has 56 heavy (non-hydrogen) atoms. The van der Waals surface area contributed by atoms with E-state index in [2.05, 4.69) is 32.9 Å². The highest BCUT2D eigenvalue weighted by molar-refractivity contribution is 6.23. The smallest absolute Gasteiger partial charge is 0.334 e. The zero-order valence-electron chi connectivity index (χ0n) is 31.2. The highest BCUT2D eigenvalue weighted by Gasteiger charge is 2.78. The van der Waals surface area contributed by atoms with E-state index in [1.807, 2.05) is 0 Å². The zero-order valence-corrected chi connectivity index (χ0v) is 31.2. The first-order valence-corrected chi connectivity index (χ1v) is 20.2. The first kappa shape index (κ1) is 34.7. The molecule has 0 bridgehead atoms. The maximum atomic E-state index is 16.4. The number of hydrogen-bond donors (Lipinski definition) is 2. The van der Waals surface area contributed by atoms with E-state index < -0.39 is 111 Å². The summed E-state index contributed by atoms with van der Waals surface area (Å²) in [6, 6.07) is 0. The van der Waals surface area contributed by atoms with Crippen molar-refractivity contribution in [3.8, 4) is 0 Å². The van der Waals surface area contributed by atoms with Gasteiger partial charge >= 0.3 is 17.9 Å². The first-order valence-electron chi connectivity index (χ1n) is 20.2. The molecule has 0 aromatic heterocycles. The minimum Gasteiger partial charge on any atom is -0.458 e. The Morgan fingerprint density at radius 3 is 1.73 bits per heavy atom. The molecule has 7 fully saturated rings. The average molecular weight is 761 g/mol. The van der Waals surface area contributed by atoms with Gasteiger partial charge in [-0.3, -0.25) is 14.4 Å². The number of rotatable bonds is 0. The van der Waals surface area contributed by atoms with Gasteiger partial charge in [-0.15, -0.1) is 0 Å². The van der Waals surface area contributed by atoms with Gasteiger partial charge in [0.15, 0.2) is 11.6 Å². The molecule has 11 aliphatic rings. The average Bonchev–Trinajstić information content (AvgIpc) is 3.87. The molecule has 11 nitrogen and oxygen atoms in total. The zero-order chi connectivity index (χ0) is 39.3. The third-order valence-electron chi connectivity index (χ3n) is 17.0. The van der Waals surface area contributed by atoms with Crippen LogP contribution in [0.25, 0.3) is 0 Å². The minimum absolute atomic E-state index is 0.0348. The van der Waals surface area contributed by atoms with Gasteiger partial charge in [0.25, 0.3) is 0 Å². The van der Waals surface area contributed by atoms with Crippen LogP contribution in [0.1, 0.15) is 70.6 Å². The molecule has 14 atom stereocenters. The monoisotopic (exact) mass is 760 g/mol. The van der Waals surface area contributed by atoms with E-state index in [1.165, 1.54) is 0 Å². The van der Waals surface area contributed by atoms with Crippen LogP contribution in [0.15, 0.2) is 83.1 Å². The van der Waals surface area contributed by atoms with E-state index >= 15 is 14.4 Å². The Bertz CT molecular complexity index is 2250. The lowest BCUT2D eigenvalue weighted by atomic mass is 9.55. The summed E-state index contributed by atoms with van der Waals surface area (Å²) in [5.74, 6) is -7.59. The van der Waals surface area contributed by atoms with E-state index in [9.17, 15) is 24.6 Å². The fourth-order valence-electron chi connectivity index (χ4n) is 14.5. The largest absolute Gasteiger partial charge is 0.458 e. The summed E-state index contributed by atoms with van der Waals surface area (Å²) in [5.41, 5.74) is -3.93. The van der Waals surface area contributed by atoms with Crippen molar-refractivity contribution in [3.05, 3.63) is 83.1 Å². The van der Waals surface area contributed by atoms with Crippen molar-refractivity contribution in [1.29, 1.82) is 0 Å². The second-order valence-corrected chi connectivity index (χ2v) is 18.8. The van der Waals surface area contributed by atoms with Crippen LogP contribution in [0.3, 0.4) is 0 Å². The Morgan fingerprint density at radius 1 is 0.554 bits per heavy atom. The van der Waals surface area contributed by atoms with Gasteiger partial charge in [-0.1, -0.05) is 38.5 Å². The molecule has 4 saturated carbocycles. The Kier molecular flexibility index (Phi) is 6.53. The van der Waals surface area contributed by atoms with Crippen LogP contribution in [0.2, 0.25) is 0 Å². The van der Waals surface area contributed by atoms with Crippen LogP contribution < -0.4 is 0 Å². The van der Waals surface area contributed by atoms with Crippen LogP contribution in [0.5, 0.6) is 0 Å². The Balaban J connectivity index is 1.20. The molecule has 0 amide bonds. The molecule has 2 spiro atoms. The van der Waals surface area contributed by atoms with Crippen molar-refractivity contribution >= 4 is 35.3 Å². The van der Waals surface area contributed by atoms with Gasteiger partial charge in [0, 0.05) is 75.4 Å². The Labute approximate surface area is 323 Å². The molecule has 0 radical (unpaired) electrons. The number of esters is 3. The third-order valence-corrected chi connectivity index (χ3v) is 17.0. The fraction of sp³-hybridized carbons (Fsp3) is 0.556. The molecular formula is C45H44O11. The number of hydrogen-bond acceptors (Lipinski definition) is 11. The van der Waals surface area contributed by atoms with Gasteiger partial charge in [-0.05, 0) is 81.3 Å². The van der Waals surface area contributed by atoms with Gasteiger partial charge in [0.05, 0.1) is 22.0 Å². The summed E-state index contributed by atoms with van der Waals surface area (Å²) in [6.07, 6.45) is -0.241. The van der Waals surface area contributed by atoms with E-state index in [4.69, 9.17) is 14.2 Å². The number of Topliss-reactive ketones (excluding diaryl/α,β-unsaturated/α-hetero) is 3. The van der Waals surface area contributed by atoms with E-state index in [0.29, 0.717) is 42.4 Å². The van der Waals surface area contributed by atoms with E-state index in [-0.39, 0.29) is 78.6 Å². The summed E-state index contributed by atoms with van der Waals surface area (Å²) >= 11 is 0. The molecule has 290 valence electrons. The van der Waals surface area contributed by atoms with Crippen molar-refractivity contribution in [2.75, 3.05) is 0 Å². The molecule has 3 heterocycles. The van der Waals surface area contributed by atoms with Crippen LogP contribution >= 0.6 is 0 Å². The summed E-state index contributed by atoms with van der Waals surface area (Å²) in [7, 11) is 0. The molecule has 0 unspecified atom stereocenters. The number of carbonyl (C=O) groups excluding carboxylic acids is 6. The normalized spacial score (nSPS) is 48.7. The molecule has 8 aliphatic carbocycles. The van der Waals surface area contributed by atoms with Crippen molar-refractivity contribution < 1.29 is 53.2 Å². The third kappa shape index (κ3) is 3.66. The highest BCUT2D eigenvalue weighted by Crippen LogP contribution is 2.74. The molecule has 11 heteroatoms. The molecular weight excluding hydrogens is 716 g/mol. The van der Waals surface area contributed by atoms with Crippen LogP contribution in [0, 0.1) is 52.3 Å². The van der Waals surface area contributed by atoms with E-state index in [1.54, 1.807) is 0 Å². The second-order valence-electron chi connectivity index (χ2n) is 18.8. The maximum absolute atomic E-state index is 16.4. The predicted octanol–water partition coefficient (Wildman–Crippen LogP) is 3.99. The number of fused-ring (bicyclic) bond motifs is 11. The van der Waals surface area contributed by atoms with Gasteiger partial charge in [0.1, 0.15) is 24.1 Å². The molecule has 0 aromatic carbocycles. The molecule has 2 N–H and O–H groups in total. The molecule has 3 saturated heterocycles. The van der Waals surface area contributed by atoms with Gasteiger partial charge in [-0.2, -0.15) is 0 Å². The maximum Gasteiger partial charge on any atom is 0.334 e. The van der Waals surface area contributed by atoms with Crippen molar-refractivity contribution in [2.45, 2.75) is 100 Å². The Hall–Kier alpha value is -4.48. The minimum atomic E-state index is -1.78. The SMILES string of the molecule is C=C1C(=O)C2=C3[C@H]1[C@H]1OC(=O)C(=C)[C@@H]1CC[C@]3(O)CC[C@@]21C(=O)C2=C3[C@H]1[C@H]1OC(=O)C(=C)[C@@H]1CC[C@@]3(O)CC[C@]21C(=O)C[C@H]2C(=C)CC[C@H]3C(=C)C(=O)O[C@@H]3[C@H]21. The second kappa shape index (κ2) is 10.5. The number of ether oxygens (including phenoxy) is 3. The van der Waals surface area contributed by atoms with Crippen LogP contribution in [0.4, 0.5) is 0 Å². The fourth-order valence-corrected chi connectivity index (χ4v) is 14.5. The van der Waals surface area contributed by atoms with Crippen molar-refractivity contribution in [1.82, 2.24) is 0 Å². The molecule has 3 aliphatic heterocycles. The summed E-state index contributed by atoms with van der Waals surface area (Å²) in [5, 5.41) is 25.7. The van der Waals surface area contributed by atoms with Gasteiger partial charge in [0.2, 0.25) is 0 Å². The van der Waals surface area contributed by atoms with Gasteiger partial charge in [-0.25, -0.2) is 14.4 Å². The van der Waals surface area contributed by atoms with E-state index in [0.717, 1.165) is 5.57 Å².